The first-order chi connectivity index (χ1) is 13.6. The van der Waals surface area contributed by atoms with Gasteiger partial charge in [-0.1, -0.05) is 30.0 Å². The van der Waals surface area contributed by atoms with Crippen molar-refractivity contribution >= 4 is 22.7 Å². The molecule has 0 unspecified atom stereocenters. The van der Waals surface area contributed by atoms with Crippen LogP contribution in [0.2, 0.25) is 0 Å². The smallest absolute Gasteiger partial charge is 0.274 e. The molecule has 1 aromatic heterocycles. The van der Waals surface area contributed by atoms with Crippen LogP contribution in [0.25, 0.3) is 10.9 Å². The Bertz CT molecular complexity index is 1070. The molecular weight excluding hydrogens is 354 g/mol. The predicted molar refractivity (Wildman–Crippen MR) is 105 cm³/mol. The third-order valence-electron chi connectivity index (χ3n) is 5.03. The normalized spacial score (nSPS) is 14.5. The van der Waals surface area contributed by atoms with Gasteiger partial charge in [-0.2, -0.15) is 0 Å². The minimum absolute atomic E-state index is 0.167. The number of aromatic nitrogens is 1. The molecule has 0 spiro atoms. The molecule has 1 aliphatic carbocycles. The molecular formula is C22H19N3O3. The van der Waals surface area contributed by atoms with E-state index in [9.17, 15) is 9.59 Å². The molecule has 1 saturated carbocycles. The number of carbonyl (C=O) groups excluding carboxylic acids is 2. The highest BCUT2D eigenvalue weighted by atomic mass is 16.5. The van der Waals surface area contributed by atoms with E-state index in [-0.39, 0.29) is 5.91 Å². The van der Waals surface area contributed by atoms with E-state index in [4.69, 9.17) is 5.21 Å². The fourth-order valence-electron chi connectivity index (χ4n) is 3.25. The summed E-state index contributed by atoms with van der Waals surface area (Å²) in [6, 6.07) is 16.2. The van der Waals surface area contributed by atoms with Crippen molar-refractivity contribution in [3.8, 4) is 11.8 Å². The highest BCUT2D eigenvalue weighted by Crippen LogP contribution is 2.31. The molecule has 0 atom stereocenters. The van der Waals surface area contributed by atoms with Gasteiger partial charge in [0.2, 0.25) is 0 Å². The highest BCUT2D eigenvalue weighted by Gasteiger charge is 2.37. The Morgan fingerprint density at radius 3 is 2.43 bits per heavy atom. The van der Waals surface area contributed by atoms with Crippen LogP contribution in [0.4, 0.5) is 0 Å². The lowest BCUT2D eigenvalue weighted by Gasteiger charge is -2.37. The summed E-state index contributed by atoms with van der Waals surface area (Å²) in [4.78, 5) is 27.2. The summed E-state index contributed by atoms with van der Waals surface area (Å²) < 4.78 is 0. The fourth-order valence-corrected chi connectivity index (χ4v) is 3.25. The molecule has 28 heavy (non-hydrogen) atoms. The number of hydroxylamine groups is 1. The molecule has 3 aromatic rings. The van der Waals surface area contributed by atoms with E-state index in [2.05, 4.69) is 22.1 Å². The van der Waals surface area contributed by atoms with E-state index in [1.165, 1.54) is 0 Å². The molecule has 0 radical (unpaired) electrons. The van der Waals surface area contributed by atoms with Crippen LogP contribution in [0.1, 0.15) is 45.7 Å². The SMILES string of the molecule is O=C(NO)c1ccc(C#CC2(NC(=O)c3cc4ccccc4[nH]3)CCC2)cc1. The third kappa shape index (κ3) is 3.48. The fraction of sp³-hybridized carbons (Fsp3) is 0.182. The Labute approximate surface area is 161 Å². The number of amides is 2. The number of hydrogen-bond donors (Lipinski definition) is 4. The first kappa shape index (κ1) is 17.8. The first-order valence-electron chi connectivity index (χ1n) is 9.07. The van der Waals surface area contributed by atoms with Crippen LogP contribution >= 0.6 is 0 Å². The molecule has 1 heterocycles. The van der Waals surface area contributed by atoms with Crippen molar-refractivity contribution in [1.29, 1.82) is 0 Å². The van der Waals surface area contributed by atoms with Crippen molar-refractivity contribution in [1.82, 2.24) is 15.8 Å². The minimum Gasteiger partial charge on any atom is -0.351 e. The molecule has 0 saturated heterocycles. The number of rotatable bonds is 3. The van der Waals surface area contributed by atoms with Crippen molar-refractivity contribution in [2.24, 2.45) is 0 Å². The van der Waals surface area contributed by atoms with Crippen LogP contribution in [-0.4, -0.2) is 27.5 Å². The standard InChI is InChI=1S/C22H19N3O3/c26-20(25-28)16-8-6-15(7-9-16)10-13-22(11-3-12-22)24-21(27)19-14-17-4-1-2-5-18(17)23-19/h1-2,4-9,14,23,28H,3,11-12H2,(H,24,27)(H,25,26). The second-order valence-corrected chi connectivity index (χ2v) is 6.93. The Kier molecular flexibility index (Phi) is 4.60. The quantitative estimate of drug-likeness (QED) is 0.323. The number of nitrogens with one attached hydrogen (secondary N) is 3. The van der Waals surface area contributed by atoms with E-state index in [1.54, 1.807) is 29.7 Å². The molecule has 6 heteroatoms. The number of benzene rings is 2. The molecule has 0 bridgehead atoms. The highest BCUT2D eigenvalue weighted by molar-refractivity contribution is 5.98. The maximum atomic E-state index is 12.7. The Morgan fingerprint density at radius 2 is 1.79 bits per heavy atom. The second kappa shape index (κ2) is 7.22. The summed E-state index contributed by atoms with van der Waals surface area (Å²) in [6.07, 6.45) is 2.62. The summed E-state index contributed by atoms with van der Waals surface area (Å²) in [5.74, 6) is 5.55. The zero-order valence-electron chi connectivity index (χ0n) is 15.1. The number of aromatic amines is 1. The molecule has 140 valence electrons. The monoisotopic (exact) mass is 373 g/mol. The van der Waals surface area contributed by atoms with Crippen LogP contribution in [-0.2, 0) is 0 Å². The van der Waals surface area contributed by atoms with Crippen molar-refractivity contribution in [2.45, 2.75) is 24.8 Å². The molecule has 1 fully saturated rings. The number of H-pyrrole nitrogens is 1. The molecule has 1 aliphatic rings. The maximum Gasteiger partial charge on any atom is 0.274 e. The van der Waals surface area contributed by atoms with Crippen LogP contribution < -0.4 is 10.8 Å². The van der Waals surface area contributed by atoms with Gasteiger partial charge in [-0.05, 0) is 55.7 Å². The largest absolute Gasteiger partial charge is 0.351 e. The zero-order valence-corrected chi connectivity index (χ0v) is 15.1. The van der Waals surface area contributed by atoms with Gasteiger partial charge in [-0.3, -0.25) is 14.8 Å². The van der Waals surface area contributed by atoms with Crippen LogP contribution in [0.3, 0.4) is 0 Å². The van der Waals surface area contributed by atoms with E-state index in [0.717, 1.165) is 35.7 Å². The lowest BCUT2D eigenvalue weighted by atomic mass is 9.77. The molecule has 6 nitrogen and oxygen atoms in total. The number of carbonyl (C=O) groups is 2. The Hall–Kier alpha value is -3.56. The summed E-state index contributed by atoms with van der Waals surface area (Å²) in [7, 11) is 0. The zero-order chi connectivity index (χ0) is 19.6. The lowest BCUT2D eigenvalue weighted by Crippen LogP contribution is -2.52. The molecule has 4 N–H and O–H groups in total. The summed E-state index contributed by atoms with van der Waals surface area (Å²) >= 11 is 0. The number of hydrogen-bond acceptors (Lipinski definition) is 3. The second-order valence-electron chi connectivity index (χ2n) is 6.93. The first-order valence-corrected chi connectivity index (χ1v) is 9.07. The van der Waals surface area contributed by atoms with E-state index in [0.29, 0.717) is 11.3 Å². The van der Waals surface area contributed by atoms with Crippen molar-refractivity contribution in [3.05, 3.63) is 71.4 Å². The minimum atomic E-state index is -0.569. The summed E-state index contributed by atoms with van der Waals surface area (Å²) in [6.45, 7) is 0. The number of fused-ring (bicyclic) bond motifs is 1. The van der Waals surface area contributed by atoms with Gasteiger partial charge >= 0.3 is 0 Å². The van der Waals surface area contributed by atoms with Crippen LogP contribution in [0.15, 0.2) is 54.6 Å². The third-order valence-corrected chi connectivity index (χ3v) is 5.03. The van der Waals surface area contributed by atoms with Crippen LogP contribution in [0, 0.1) is 11.8 Å². The topological polar surface area (TPSA) is 94.2 Å². The summed E-state index contributed by atoms with van der Waals surface area (Å²) in [5.41, 5.74) is 3.59. The van der Waals surface area contributed by atoms with E-state index >= 15 is 0 Å². The van der Waals surface area contributed by atoms with Gasteiger partial charge in [0.25, 0.3) is 11.8 Å². The van der Waals surface area contributed by atoms with Gasteiger partial charge < -0.3 is 10.3 Å². The van der Waals surface area contributed by atoms with Gasteiger partial charge in [-0.25, -0.2) is 5.48 Å². The van der Waals surface area contributed by atoms with Crippen LogP contribution in [0.5, 0.6) is 0 Å². The average Bonchev–Trinajstić information content (AvgIpc) is 3.14. The van der Waals surface area contributed by atoms with Crippen molar-refractivity contribution in [3.63, 3.8) is 0 Å². The van der Waals surface area contributed by atoms with Crippen molar-refractivity contribution < 1.29 is 14.8 Å². The summed E-state index contributed by atoms with van der Waals surface area (Å²) in [5, 5.41) is 12.7. The molecule has 4 rings (SSSR count). The Balaban J connectivity index is 1.51. The molecule has 0 aliphatic heterocycles. The predicted octanol–water partition coefficient (Wildman–Crippen LogP) is 2.99. The average molecular weight is 373 g/mol. The Morgan fingerprint density at radius 1 is 1.04 bits per heavy atom. The van der Waals surface area contributed by atoms with E-state index < -0.39 is 11.4 Å². The lowest BCUT2D eigenvalue weighted by molar-refractivity contribution is 0.0706. The van der Waals surface area contributed by atoms with Gasteiger partial charge in [0, 0.05) is 22.0 Å². The molecule has 2 aromatic carbocycles. The van der Waals surface area contributed by atoms with Gasteiger partial charge in [0.15, 0.2) is 0 Å². The van der Waals surface area contributed by atoms with E-state index in [1.807, 2.05) is 30.3 Å². The molecule has 2 amide bonds. The van der Waals surface area contributed by atoms with Crippen molar-refractivity contribution in [2.75, 3.05) is 0 Å². The van der Waals surface area contributed by atoms with Gasteiger partial charge in [0.1, 0.15) is 11.2 Å². The van der Waals surface area contributed by atoms with Gasteiger partial charge in [-0.15, -0.1) is 0 Å². The number of para-hydroxylation sites is 1. The maximum absolute atomic E-state index is 12.7. The van der Waals surface area contributed by atoms with Gasteiger partial charge in [0.05, 0.1) is 0 Å².